The van der Waals surface area contributed by atoms with Crippen LogP contribution in [0, 0.1) is 0 Å². The van der Waals surface area contributed by atoms with Crippen LogP contribution in [0.4, 0.5) is 0 Å². The molecule has 50 valence electrons. The van der Waals surface area contributed by atoms with Crippen molar-refractivity contribution >= 4 is 17.5 Å². The number of likely N-dealkylation sites (N-methyl/N-ethyl adjacent to an activating group) is 1. The summed E-state index contributed by atoms with van der Waals surface area (Å²) in [6.07, 6.45) is 1.68. The summed E-state index contributed by atoms with van der Waals surface area (Å²) >= 11 is 5.60. The number of alkyl halides is 1. The third-order valence-corrected chi connectivity index (χ3v) is 2.02. The number of hydrogen-bond acceptors (Lipinski definition) is 1. The maximum atomic E-state index is 10.7. The van der Waals surface area contributed by atoms with Gasteiger partial charge in [0.1, 0.15) is 5.38 Å². The molecule has 0 aromatic rings. The molecule has 3 heteroatoms. The van der Waals surface area contributed by atoms with Crippen LogP contribution >= 0.6 is 11.6 Å². The van der Waals surface area contributed by atoms with E-state index in [1.807, 2.05) is 0 Å². The van der Waals surface area contributed by atoms with Gasteiger partial charge in [-0.25, -0.2) is 0 Å². The first-order valence-corrected chi connectivity index (χ1v) is 3.15. The van der Waals surface area contributed by atoms with Crippen molar-refractivity contribution in [3.05, 3.63) is 12.7 Å². The molecular formula is C6H8ClNO. The molecule has 1 heterocycles. The smallest absolute Gasteiger partial charge is 0.243 e. The second-order valence-electron chi connectivity index (χ2n) is 2.08. The van der Waals surface area contributed by atoms with Crippen LogP contribution in [0.1, 0.15) is 0 Å². The maximum absolute atomic E-state index is 10.7. The molecule has 0 radical (unpaired) electrons. The Kier molecular flexibility index (Phi) is 1.49. The lowest BCUT2D eigenvalue weighted by Gasteiger charge is -2.39. The van der Waals surface area contributed by atoms with Crippen molar-refractivity contribution in [3.63, 3.8) is 0 Å². The van der Waals surface area contributed by atoms with Gasteiger partial charge in [-0.1, -0.05) is 6.08 Å². The van der Waals surface area contributed by atoms with Gasteiger partial charge in [-0.2, -0.15) is 0 Å². The zero-order valence-electron chi connectivity index (χ0n) is 5.17. The van der Waals surface area contributed by atoms with E-state index in [1.165, 1.54) is 0 Å². The number of likely N-dealkylation sites (tertiary alicyclic amines) is 1. The van der Waals surface area contributed by atoms with E-state index in [4.69, 9.17) is 11.6 Å². The van der Waals surface area contributed by atoms with Crippen LogP contribution in [0.3, 0.4) is 0 Å². The van der Waals surface area contributed by atoms with Crippen LogP contribution in [0.2, 0.25) is 0 Å². The Hall–Kier alpha value is -0.500. The van der Waals surface area contributed by atoms with Crippen molar-refractivity contribution in [2.45, 2.75) is 11.4 Å². The van der Waals surface area contributed by atoms with Crippen molar-refractivity contribution in [1.82, 2.24) is 4.90 Å². The normalized spacial score (nSPS) is 34.0. The summed E-state index contributed by atoms with van der Waals surface area (Å²) in [6.45, 7) is 3.54. The summed E-state index contributed by atoms with van der Waals surface area (Å²) in [5.41, 5.74) is 0. The van der Waals surface area contributed by atoms with Crippen LogP contribution in [0.25, 0.3) is 0 Å². The van der Waals surface area contributed by atoms with Crippen LogP contribution in [-0.4, -0.2) is 29.3 Å². The Labute approximate surface area is 59.1 Å². The Bertz CT molecular complexity index is 145. The average molecular weight is 146 g/mol. The standard InChI is InChI=1S/C6H8ClNO/c1-3-4-5(7)6(9)8(4)2/h3-5H,1H2,2H3/t4-,5+/m1/s1. The van der Waals surface area contributed by atoms with Gasteiger partial charge in [0.05, 0.1) is 6.04 Å². The van der Waals surface area contributed by atoms with Crippen molar-refractivity contribution in [2.75, 3.05) is 7.05 Å². The minimum absolute atomic E-state index is 0.0124. The van der Waals surface area contributed by atoms with Gasteiger partial charge in [0.25, 0.3) is 0 Å². The van der Waals surface area contributed by atoms with Gasteiger partial charge in [0.15, 0.2) is 0 Å². The lowest BCUT2D eigenvalue weighted by Crippen LogP contribution is -2.59. The third-order valence-electron chi connectivity index (χ3n) is 1.57. The lowest BCUT2D eigenvalue weighted by molar-refractivity contribution is -0.140. The number of amides is 1. The van der Waals surface area contributed by atoms with Crippen LogP contribution < -0.4 is 0 Å². The second kappa shape index (κ2) is 2.03. The first kappa shape index (κ1) is 6.62. The molecule has 9 heavy (non-hydrogen) atoms. The first-order valence-electron chi connectivity index (χ1n) is 2.71. The largest absolute Gasteiger partial charge is 0.336 e. The fourth-order valence-electron chi connectivity index (χ4n) is 0.879. The quantitative estimate of drug-likeness (QED) is 0.301. The number of β-lactam (4-membered cyclic amide) rings is 1. The Morgan fingerprint density at radius 2 is 2.44 bits per heavy atom. The molecule has 1 saturated heterocycles. The molecule has 0 aromatic heterocycles. The zero-order valence-corrected chi connectivity index (χ0v) is 5.93. The van der Waals surface area contributed by atoms with Crippen molar-refractivity contribution in [1.29, 1.82) is 0 Å². The second-order valence-corrected chi connectivity index (χ2v) is 2.55. The molecule has 0 bridgehead atoms. The van der Waals surface area contributed by atoms with E-state index >= 15 is 0 Å². The molecule has 1 aliphatic rings. The molecule has 0 saturated carbocycles. The summed E-state index contributed by atoms with van der Waals surface area (Å²) in [5, 5.41) is -0.368. The third kappa shape index (κ3) is 0.741. The highest BCUT2D eigenvalue weighted by atomic mass is 35.5. The van der Waals surface area contributed by atoms with E-state index in [1.54, 1.807) is 18.0 Å². The highest BCUT2D eigenvalue weighted by Gasteiger charge is 2.41. The summed E-state index contributed by atoms with van der Waals surface area (Å²) in [5.74, 6) is -0.0124. The van der Waals surface area contributed by atoms with E-state index < -0.39 is 0 Å². The van der Waals surface area contributed by atoms with Crippen molar-refractivity contribution in [3.8, 4) is 0 Å². The Morgan fingerprint density at radius 1 is 1.89 bits per heavy atom. The zero-order chi connectivity index (χ0) is 7.02. The van der Waals surface area contributed by atoms with Gasteiger partial charge < -0.3 is 4.90 Å². The summed E-state index contributed by atoms with van der Waals surface area (Å²) < 4.78 is 0. The molecule has 2 nitrogen and oxygen atoms in total. The van der Waals surface area contributed by atoms with Gasteiger partial charge in [0.2, 0.25) is 5.91 Å². The monoisotopic (exact) mass is 145 g/mol. The fraction of sp³-hybridized carbons (Fsp3) is 0.500. The predicted octanol–water partition coefficient (Wildman–Crippen LogP) is 0.620. The number of hydrogen-bond donors (Lipinski definition) is 0. The van der Waals surface area contributed by atoms with Gasteiger partial charge in [-0.3, -0.25) is 4.79 Å². The van der Waals surface area contributed by atoms with Crippen LogP contribution in [0.5, 0.6) is 0 Å². The maximum Gasteiger partial charge on any atom is 0.243 e. The van der Waals surface area contributed by atoms with Crippen molar-refractivity contribution in [2.24, 2.45) is 0 Å². The highest BCUT2D eigenvalue weighted by Crippen LogP contribution is 2.23. The number of rotatable bonds is 1. The molecule has 0 aliphatic carbocycles. The van der Waals surface area contributed by atoms with E-state index in [0.717, 1.165) is 0 Å². The highest BCUT2D eigenvalue weighted by molar-refractivity contribution is 6.33. The molecule has 2 atom stereocenters. The Morgan fingerprint density at radius 3 is 2.67 bits per heavy atom. The van der Waals surface area contributed by atoms with Crippen LogP contribution in [0.15, 0.2) is 12.7 Å². The van der Waals surface area contributed by atoms with Crippen molar-refractivity contribution < 1.29 is 4.79 Å². The van der Waals surface area contributed by atoms with E-state index in [9.17, 15) is 4.79 Å². The van der Waals surface area contributed by atoms with Gasteiger partial charge in [-0.15, -0.1) is 18.2 Å². The lowest BCUT2D eigenvalue weighted by atomic mass is 10.0. The molecule has 0 N–H and O–H groups in total. The fourth-order valence-corrected chi connectivity index (χ4v) is 1.31. The minimum Gasteiger partial charge on any atom is -0.336 e. The SMILES string of the molecule is C=C[C@@H]1[C@H](Cl)C(=O)N1C. The van der Waals surface area contributed by atoms with E-state index in [0.29, 0.717) is 0 Å². The van der Waals surface area contributed by atoms with Gasteiger partial charge >= 0.3 is 0 Å². The molecule has 0 unspecified atom stereocenters. The van der Waals surface area contributed by atoms with Gasteiger partial charge in [0, 0.05) is 7.05 Å². The average Bonchev–Trinajstić information content (AvgIpc) is 1.89. The topological polar surface area (TPSA) is 20.3 Å². The summed E-state index contributed by atoms with van der Waals surface area (Å²) in [4.78, 5) is 12.3. The van der Waals surface area contributed by atoms with E-state index in [2.05, 4.69) is 6.58 Å². The summed E-state index contributed by atoms with van der Waals surface area (Å²) in [6, 6.07) is 0.0409. The summed E-state index contributed by atoms with van der Waals surface area (Å²) in [7, 11) is 1.72. The molecule has 1 rings (SSSR count). The molecular weight excluding hydrogens is 138 g/mol. The predicted molar refractivity (Wildman–Crippen MR) is 36.4 cm³/mol. The first-order chi connectivity index (χ1) is 4.18. The number of halogens is 1. The number of carbonyl (C=O) groups excluding carboxylic acids is 1. The molecule has 1 fully saturated rings. The number of carbonyl (C=O) groups is 1. The molecule has 1 aliphatic heterocycles. The molecule has 0 aromatic carbocycles. The minimum atomic E-state index is -0.368. The molecule has 0 spiro atoms. The van der Waals surface area contributed by atoms with Gasteiger partial charge in [-0.05, 0) is 0 Å². The van der Waals surface area contributed by atoms with E-state index in [-0.39, 0.29) is 17.3 Å². The van der Waals surface area contributed by atoms with Crippen LogP contribution in [-0.2, 0) is 4.79 Å². The molecule has 1 amide bonds. The Balaban J connectivity index is 2.61. The number of nitrogens with zero attached hydrogens (tertiary/aromatic N) is 1.